The molecule has 2 N–H and O–H groups in total. The topological polar surface area (TPSA) is 80.6 Å². The van der Waals surface area contributed by atoms with Crippen molar-refractivity contribution in [3.05, 3.63) is 102 Å². The van der Waals surface area contributed by atoms with Crippen molar-refractivity contribution in [3.63, 3.8) is 0 Å². The zero-order valence-corrected chi connectivity index (χ0v) is 18.0. The lowest BCUT2D eigenvalue weighted by Crippen LogP contribution is -2.29. The van der Waals surface area contributed by atoms with Crippen molar-refractivity contribution in [2.45, 2.75) is 25.0 Å². The van der Waals surface area contributed by atoms with Crippen molar-refractivity contribution >= 4 is 28.5 Å². The molecule has 1 aromatic heterocycles. The highest BCUT2D eigenvalue weighted by molar-refractivity contribution is 5.98. The Morgan fingerprint density at radius 2 is 1.73 bits per heavy atom. The average molecular weight is 440 g/mol. The Morgan fingerprint density at radius 1 is 0.909 bits per heavy atom. The normalized spacial score (nSPS) is 16.4. The van der Waals surface area contributed by atoms with Gasteiger partial charge in [-0.2, -0.15) is 0 Å². The monoisotopic (exact) mass is 440 g/mol. The SMILES string of the molecule is O=C(N[C@H](c1ccccc1)c1cc2ccccc2o1)c1cccc(NC(=O)[C@H]2CCCO2)c1. The largest absolute Gasteiger partial charge is 0.459 e. The van der Waals surface area contributed by atoms with Gasteiger partial charge in [-0.25, -0.2) is 0 Å². The molecule has 0 saturated carbocycles. The maximum Gasteiger partial charge on any atom is 0.253 e. The van der Waals surface area contributed by atoms with Gasteiger partial charge in [0.1, 0.15) is 23.5 Å². The van der Waals surface area contributed by atoms with Gasteiger partial charge in [0.15, 0.2) is 0 Å². The molecule has 6 nitrogen and oxygen atoms in total. The van der Waals surface area contributed by atoms with Gasteiger partial charge in [-0.15, -0.1) is 0 Å². The zero-order valence-electron chi connectivity index (χ0n) is 18.0. The quantitative estimate of drug-likeness (QED) is 0.439. The minimum absolute atomic E-state index is 0.186. The number of hydrogen-bond donors (Lipinski definition) is 2. The number of rotatable bonds is 6. The number of ether oxygens (including phenoxy) is 1. The molecule has 2 amide bonds. The first-order valence-corrected chi connectivity index (χ1v) is 11.0. The molecule has 1 aliphatic rings. The van der Waals surface area contributed by atoms with E-state index in [2.05, 4.69) is 10.6 Å². The lowest BCUT2D eigenvalue weighted by atomic mass is 10.0. The van der Waals surface area contributed by atoms with E-state index in [1.165, 1.54) is 0 Å². The number of fused-ring (bicyclic) bond motifs is 1. The number of hydrogen-bond acceptors (Lipinski definition) is 4. The van der Waals surface area contributed by atoms with Crippen LogP contribution in [0.2, 0.25) is 0 Å². The first-order valence-electron chi connectivity index (χ1n) is 11.0. The Kier molecular flexibility index (Phi) is 5.91. The summed E-state index contributed by atoms with van der Waals surface area (Å²) < 4.78 is 11.5. The maximum absolute atomic E-state index is 13.2. The first kappa shape index (κ1) is 21.0. The Labute approximate surface area is 191 Å². The van der Waals surface area contributed by atoms with Gasteiger partial charge >= 0.3 is 0 Å². The fraction of sp³-hybridized carbons (Fsp3) is 0.185. The van der Waals surface area contributed by atoms with Crippen molar-refractivity contribution in [2.75, 3.05) is 11.9 Å². The van der Waals surface area contributed by atoms with Gasteiger partial charge in [-0.3, -0.25) is 9.59 Å². The number of carbonyl (C=O) groups is 2. The van der Waals surface area contributed by atoms with E-state index in [1.54, 1.807) is 24.3 Å². The molecule has 2 atom stereocenters. The van der Waals surface area contributed by atoms with Crippen molar-refractivity contribution in [1.29, 1.82) is 0 Å². The number of nitrogens with one attached hydrogen (secondary N) is 2. The molecule has 2 heterocycles. The summed E-state index contributed by atoms with van der Waals surface area (Å²) in [5, 5.41) is 6.92. The lowest BCUT2D eigenvalue weighted by Gasteiger charge is -2.18. The third-order valence-corrected chi connectivity index (χ3v) is 5.75. The summed E-state index contributed by atoms with van der Waals surface area (Å²) in [7, 11) is 0. The van der Waals surface area contributed by atoms with E-state index >= 15 is 0 Å². The van der Waals surface area contributed by atoms with Crippen LogP contribution in [-0.4, -0.2) is 24.5 Å². The van der Waals surface area contributed by atoms with Gasteiger partial charge in [0, 0.05) is 23.2 Å². The van der Waals surface area contributed by atoms with Crippen molar-refractivity contribution in [1.82, 2.24) is 5.32 Å². The summed E-state index contributed by atoms with van der Waals surface area (Å²) in [5.74, 6) is 0.200. The summed E-state index contributed by atoms with van der Waals surface area (Å²) in [6.07, 6.45) is 1.16. The van der Waals surface area contributed by atoms with E-state index in [9.17, 15) is 9.59 Å². The van der Waals surface area contributed by atoms with Crippen LogP contribution >= 0.6 is 0 Å². The predicted octanol–water partition coefficient (Wildman–Crippen LogP) is 5.07. The highest BCUT2D eigenvalue weighted by Crippen LogP contribution is 2.29. The van der Waals surface area contributed by atoms with E-state index in [0.717, 1.165) is 23.0 Å². The van der Waals surface area contributed by atoms with Gasteiger partial charge in [0.05, 0.1) is 0 Å². The Morgan fingerprint density at radius 3 is 2.52 bits per heavy atom. The van der Waals surface area contributed by atoms with Crippen LogP contribution < -0.4 is 10.6 Å². The Balaban J connectivity index is 1.39. The van der Waals surface area contributed by atoms with Crippen molar-refractivity contribution in [3.8, 4) is 0 Å². The number of benzene rings is 3. The molecule has 0 radical (unpaired) electrons. The standard InChI is InChI=1S/C27H24N2O4/c30-26(20-11-6-12-21(16-20)28-27(31)23-14-7-15-32-23)29-25(18-8-2-1-3-9-18)24-17-19-10-4-5-13-22(19)33-24/h1-6,8-13,16-17,23,25H,7,14-15H2,(H,28,31)(H,29,30)/t23-,25-/m1/s1. The molecular weight excluding hydrogens is 416 g/mol. The van der Waals surface area contributed by atoms with Crippen LogP contribution in [-0.2, 0) is 9.53 Å². The zero-order chi connectivity index (χ0) is 22.6. The summed E-state index contributed by atoms with van der Waals surface area (Å²) in [4.78, 5) is 25.6. The molecule has 1 aliphatic heterocycles. The summed E-state index contributed by atoms with van der Waals surface area (Å²) in [6, 6.07) is 25.8. The molecule has 1 fully saturated rings. The van der Waals surface area contributed by atoms with E-state index < -0.39 is 12.1 Å². The van der Waals surface area contributed by atoms with Gasteiger partial charge < -0.3 is 19.8 Å². The van der Waals surface area contributed by atoms with Gasteiger partial charge in [0.2, 0.25) is 0 Å². The molecule has 33 heavy (non-hydrogen) atoms. The molecule has 4 aromatic rings. The Bertz CT molecular complexity index is 1240. The molecule has 5 rings (SSSR count). The summed E-state index contributed by atoms with van der Waals surface area (Å²) in [6.45, 7) is 0.600. The third kappa shape index (κ3) is 4.66. The van der Waals surface area contributed by atoms with Gasteiger partial charge in [-0.1, -0.05) is 54.6 Å². The highest BCUT2D eigenvalue weighted by Gasteiger charge is 2.24. The molecule has 3 aromatic carbocycles. The minimum Gasteiger partial charge on any atom is -0.459 e. The van der Waals surface area contributed by atoms with E-state index in [4.69, 9.17) is 9.15 Å². The molecule has 0 aliphatic carbocycles. The third-order valence-electron chi connectivity index (χ3n) is 5.75. The van der Waals surface area contributed by atoms with E-state index in [1.807, 2.05) is 60.7 Å². The molecule has 0 unspecified atom stereocenters. The van der Waals surface area contributed by atoms with Crippen LogP contribution in [0.4, 0.5) is 5.69 Å². The molecule has 0 spiro atoms. The van der Waals surface area contributed by atoms with Crippen LogP contribution in [0.25, 0.3) is 11.0 Å². The lowest BCUT2D eigenvalue weighted by molar-refractivity contribution is -0.124. The van der Waals surface area contributed by atoms with Crippen LogP contribution in [0.3, 0.4) is 0 Å². The number of para-hydroxylation sites is 1. The van der Waals surface area contributed by atoms with E-state index in [0.29, 0.717) is 30.0 Å². The first-order chi connectivity index (χ1) is 16.2. The number of carbonyl (C=O) groups excluding carboxylic acids is 2. The van der Waals surface area contributed by atoms with Crippen molar-refractivity contribution in [2.24, 2.45) is 0 Å². The van der Waals surface area contributed by atoms with Crippen LogP contribution in [0.1, 0.15) is 40.6 Å². The smallest absolute Gasteiger partial charge is 0.253 e. The highest BCUT2D eigenvalue weighted by atomic mass is 16.5. The Hall–Kier alpha value is -3.90. The van der Waals surface area contributed by atoms with Gasteiger partial charge in [-0.05, 0) is 48.7 Å². The second-order valence-corrected chi connectivity index (χ2v) is 8.08. The summed E-state index contributed by atoms with van der Waals surface area (Å²) >= 11 is 0. The minimum atomic E-state index is -0.462. The van der Waals surface area contributed by atoms with Crippen LogP contribution in [0.15, 0.2) is 89.3 Å². The fourth-order valence-corrected chi connectivity index (χ4v) is 4.07. The maximum atomic E-state index is 13.2. The predicted molar refractivity (Wildman–Crippen MR) is 126 cm³/mol. The van der Waals surface area contributed by atoms with Crippen LogP contribution in [0.5, 0.6) is 0 Å². The average Bonchev–Trinajstić information content (AvgIpc) is 3.53. The fourth-order valence-electron chi connectivity index (χ4n) is 4.07. The molecule has 0 bridgehead atoms. The van der Waals surface area contributed by atoms with Crippen molar-refractivity contribution < 1.29 is 18.7 Å². The number of furan rings is 1. The summed E-state index contributed by atoms with van der Waals surface area (Å²) in [5.41, 5.74) is 2.68. The molecule has 166 valence electrons. The second-order valence-electron chi connectivity index (χ2n) is 8.08. The number of anilines is 1. The van der Waals surface area contributed by atoms with Crippen LogP contribution in [0, 0.1) is 0 Å². The number of amides is 2. The molecule has 1 saturated heterocycles. The molecule has 6 heteroatoms. The van der Waals surface area contributed by atoms with E-state index in [-0.39, 0.29) is 11.8 Å². The second kappa shape index (κ2) is 9.30. The van der Waals surface area contributed by atoms with Gasteiger partial charge in [0.25, 0.3) is 11.8 Å². The molecular formula is C27H24N2O4.